The SMILES string of the molecule is O=C(Nc1nc(C2CC2)cs1)c1c(/C=C/c2cccc(OC(F)F)c2OCC2CCC2)nc2sccn12. The molecule has 0 bridgehead atoms. The molecule has 0 spiro atoms. The van der Waals surface area contributed by atoms with Gasteiger partial charge in [0.1, 0.15) is 5.69 Å². The monoisotopic (exact) mass is 542 g/mol. The number of aromatic nitrogens is 3. The summed E-state index contributed by atoms with van der Waals surface area (Å²) in [5.74, 6) is 0.838. The molecule has 0 saturated heterocycles. The fraction of sp³-hybridized carbons (Fsp3) is 0.346. The highest BCUT2D eigenvalue weighted by atomic mass is 32.1. The smallest absolute Gasteiger partial charge is 0.387 e. The molecule has 1 N–H and O–H groups in total. The van der Waals surface area contributed by atoms with Crippen molar-refractivity contribution >= 4 is 50.8 Å². The van der Waals surface area contributed by atoms with E-state index < -0.39 is 6.61 Å². The third-order valence-electron chi connectivity index (χ3n) is 6.58. The Morgan fingerprint density at radius 1 is 1.19 bits per heavy atom. The van der Waals surface area contributed by atoms with Gasteiger partial charge in [-0.25, -0.2) is 9.97 Å². The first-order chi connectivity index (χ1) is 18.0. The molecule has 11 heteroatoms. The van der Waals surface area contributed by atoms with Gasteiger partial charge in [0.15, 0.2) is 21.6 Å². The molecular weight excluding hydrogens is 518 g/mol. The van der Waals surface area contributed by atoms with E-state index in [-0.39, 0.29) is 17.4 Å². The Balaban J connectivity index is 1.29. The van der Waals surface area contributed by atoms with Crippen LogP contribution in [0.4, 0.5) is 13.9 Å². The number of benzene rings is 1. The van der Waals surface area contributed by atoms with Crippen molar-refractivity contribution in [2.45, 2.75) is 44.6 Å². The summed E-state index contributed by atoms with van der Waals surface area (Å²) in [7, 11) is 0. The summed E-state index contributed by atoms with van der Waals surface area (Å²) in [5.41, 5.74) is 2.41. The molecule has 2 saturated carbocycles. The number of hydrogen-bond donors (Lipinski definition) is 1. The zero-order valence-electron chi connectivity index (χ0n) is 19.7. The van der Waals surface area contributed by atoms with Gasteiger partial charge in [-0.3, -0.25) is 14.5 Å². The van der Waals surface area contributed by atoms with Gasteiger partial charge in [-0.15, -0.1) is 22.7 Å². The molecule has 0 unspecified atom stereocenters. The highest BCUT2D eigenvalue weighted by Gasteiger charge is 2.27. The Kier molecular flexibility index (Phi) is 6.64. The molecule has 0 aliphatic heterocycles. The maximum Gasteiger partial charge on any atom is 0.387 e. The van der Waals surface area contributed by atoms with E-state index in [1.165, 1.54) is 28.7 Å². The van der Waals surface area contributed by atoms with E-state index in [2.05, 4.69) is 15.3 Å². The minimum atomic E-state index is -2.97. The maximum atomic E-state index is 13.3. The molecule has 2 fully saturated rings. The summed E-state index contributed by atoms with van der Waals surface area (Å²) < 4.78 is 38.5. The topological polar surface area (TPSA) is 77.8 Å². The molecule has 2 aliphatic carbocycles. The van der Waals surface area contributed by atoms with Gasteiger partial charge in [-0.1, -0.05) is 18.6 Å². The van der Waals surface area contributed by atoms with Crippen LogP contribution in [-0.4, -0.2) is 33.5 Å². The number of rotatable bonds is 10. The zero-order chi connectivity index (χ0) is 25.4. The number of para-hydroxylation sites is 1. The van der Waals surface area contributed by atoms with Crippen molar-refractivity contribution in [3.8, 4) is 11.5 Å². The highest BCUT2D eigenvalue weighted by molar-refractivity contribution is 7.15. The van der Waals surface area contributed by atoms with Crippen LogP contribution >= 0.6 is 22.7 Å². The minimum absolute atomic E-state index is 0.0181. The number of halogens is 2. The number of imidazole rings is 1. The first kappa shape index (κ1) is 24.1. The van der Waals surface area contributed by atoms with Crippen molar-refractivity contribution < 1.29 is 23.0 Å². The Hall–Kier alpha value is -3.31. The normalized spacial score (nSPS) is 16.0. The quantitative estimate of drug-likeness (QED) is 0.235. The minimum Gasteiger partial charge on any atom is -0.489 e. The van der Waals surface area contributed by atoms with Crippen molar-refractivity contribution in [2.75, 3.05) is 11.9 Å². The number of carbonyl (C=O) groups excluding carboxylic acids is 1. The van der Waals surface area contributed by atoms with Crippen LogP contribution in [0.15, 0.2) is 35.2 Å². The average Bonchev–Trinajstić information content (AvgIpc) is 3.24. The van der Waals surface area contributed by atoms with Crippen LogP contribution in [0.25, 0.3) is 17.1 Å². The number of carbonyl (C=O) groups is 1. The Morgan fingerprint density at radius 3 is 2.81 bits per heavy atom. The van der Waals surface area contributed by atoms with Crippen LogP contribution in [0.5, 0.6) is 11.5 Å². The van der Waals surface area contributed by atoms with Crippen molar-refractivity contribution in [1.29, 1.82) is 0 Å². The molecule has 7 nitrogen and oxygen atoms in total. The van der Waals surface area contributed by atoms with E-state index in [0.29, 0.717) is 45.5 Å². The van der Waals surface area contributed by atoms with Crippen molar-refractivity contribution in [1.82, 2.24) is 14.4 Å². The van der Waals surface area contributed by atoms with Gasteiger partial charge >= 0.3 is 6.61 Å². The third kappa shape index (κ3) is 5.24. The van der Waals surface area contributed by atoms with E-state index in [1.807, 2.05) is 10.8 Å². The van der Waals surface area contributed by atoms with Gasteiger partial charge in [-0.2, -0.15) is 8.78 Å². The van der Waals surface area contributed by atoms with Crippen LogP contribution in [0.2, 0.25) is 0 Å². The molecule has 3 aromatic heterocycles. The van der Waals surface area contributed by atoms with E-state index in [9.17, 15) is 13.6 Å². The molecule has 0 radical (unpaired) electrons. The van der Waals surface area contributed by atoms with Crippen LogP contribution < -0.4 is 14.8 Å². The number of amides is 1. The number of hydrogen-bond acceptors (Lipinski definition) is 7. The number of fused-ring (bicyclic) bond motifs is 1. The molecule has 2 aliphatic rings. The predicted molar refractivity (Wildman–Crippen MR) is 140 cm³/mol. The van der Waals surface area contributed by atoms with E-state index in [0.717, 1.165) is 37.8 Å². The summed E-state index contributed by atoms with van der Waals surface area (Å²) in [6.07, 6.45) is 10.8. The number of ether oxygens (including phenoxy) is 2. The zero-order valence-corrected chi connectivity index (χ0v) is 21.4. The first-order valence-electron chi connectivity index (χ1n) is 12.2. The second kappa shape index (κ2) is 10.2. The molecule has 1 amide bonds. The average molecular weight is 543 g/mol. The molecule has 6 rings (SSSR count). The number of nitrogens with one attached hydrogen (secondary N) is 1. The molecular formula is C26H24F2N4O3S2. The molecule has 192 valence electrons. The fourth-order valence-electron chi connectivity index (χ4n) is 4.25. The van der Waals surface area contributed by atoms with Gasteiger partial charge < -0.3 is 9.47 Å². The Labute approximate surface area is 219 Å². The lowest BCUT2D eigenvalue weighted by Crippen LogP contribution is -2.20. The maximum absolute atomic E-state index is 13.3. The van der Waals surface area contributed by atoms with Crippen molar-refractivity contribution in [3.05, 3.63) is 57.8 Å². The Bertz CT molecular complexity index is 1450. The summed E-state index contributed by atoms with van der Waals surface area (Å²) in [6.45, 7) is -2.53. The summed E-state index contributed by atoms with van der Waals surface area (Å²) in [5, 5.41) is 7.31. The largest absolute Gasteiger partial charge is 0.489 e. The van der Waals surface area contributed by atoms with Crippen molar-refractivity contribution in [3.63, 3.8) is 0 Å². The van der Waals surface area contributed by atoms with Gasteiger partial charge in [0, 0.05) is 28.4 Å². The number of anilines is 1. The lowest BCUT2D eigenvalue weighted by Gasteiger charge is -2.26. The predicted octanol–water partition coefficient (Wildman–Crippen LogP) is 6.93. The van der Waals surface area contributed by atoms with Gasteiger partial charge in [0.25, 0.3) is 5.91 Å². The summed E-state index contributed by atoms with van der Waals surface area (Å²) in [6, 6.07) is 4.86. The Morgan fingerprint density at radius 2 is 2.05 bits per heavy atom. The standard InChI is InChI=1S/C26H24F2N4O3S2/c27-24(28)35-20-6-2-5-17(22(20)34-13-15-3-1-4-15)9-10-18-21(32-11-12-36-26(32)30-18)23(33)31-25-29-19(14-37-25)16-7-8-16/h2,5-6,9-12,14-16,24H,1,3-4,7-8,13H2,(H,29,31,33)/b10-9+. The number of thiazole rings is 2. The lowest BCUT2D eigenvalue weighted by atomic mass is 9.86. The van der Waals surface area contributed by atoms with Crippen LogP contribution in [0, 0.1) is 5.92 Å². The third-order valence-corrected chi connectivity index (χ3v) is 8.11. The van der Waals surface area contributed by atoms with Crippen LogP contribution in [0.3, 0.4) is 0 Å². The van der Waals surface area contributed by atoms with Crippen molar-refractivity contribution in [2.24, 2.45) is 5.92 Å². The van der Waals surface area contributed by atoms with Gasteiger partial charge in [0.05, 0.1) is 18.0 Å². The lowest BCUT2D eigenvalue weighted by molar-refractivity contribution is -0.0517. The second-order valence-corrected chi connectivity index (χ2v) is 10.9. The summed E-state index contributed by atoms with van der Waals surface area (Å²) >= 11 is 2.82. The fourth-order valence-corrected chi connectivity index (χ4v) is 5.76. The molecule has 37 heavy (non-hydrogen) atoms. The summed E-state index contributed by atoms with van der Waals surface area (Å²) in [4.78, 5) is 23.1. The van der Waals surface area contributed by atoms with Crippen LogP contribution in [-0.2, 0) is 0 Å². The first-order valence-corrected chi connectivity index (χ1v) is 13.9. The van der Waals surface area contributed by atoms with Crippen LogP contribution in [0.1, 0.15) is 65.5 Å². The highest BCUT2D eigenvalue weighted by Crippen LogP contribution is 2.41. The number of alkyl halides is 2. The molecule has 3 heterocycles. The van der Waals surface area contributed by atoms with Gasteiger partial charge in [-0.05, 0) is 49.8 Å². The molecule has 1 aromatic carbocycles. The number of nitrogens with zero attached hydrogens (tertiary/aromatic N) is 3. The molecule has 0 atom stereocenters. The van der Waals surface area contributed by atoms with E-state index in [1.54, 1.807) is 34.9 Å². The van der Waals surface area contributed by atoms with Gasteiger partial charge in [0.2, 0.25) is 0 Å². The van der Waals surface area contributed by atoms with E-state index in [4.69, 9.17) is 9.47 Å². The van der Waals surface area contributed by atoms with E-state index >= 15 is 0 Å². The molecule has 4 aromatic rings. The second-order valence-electron chi connectivity index (χ2n) is 9.20.